The van der Waals surface area contributed by atoms with E-state index in [1.807, 2.05) is 0 Å². The molecule has 3 nitrogen and oxygen atoms in total. The van der Waals surface area contributed by atoms with Gasteiger partial charge in [0.05, 0.1) is 0 Å². The van der Waals surface area contributed by atoms with Gasteiger partial charge in [0.1, 0.15) is 6.10 Å². The van der Waals surface area contributed by atoms with E-state index in [2.05, 4.69) is 0 Å². The summed E-state index contributed by atoms with van der Waals surface area (Å²) in [5.41, 5.74) is 0. The minimum atomic E-state index is -1.23. The molecule has 0 aromatic carbocycles. The molecule has 0 amide bonds. The maximum absolute atomic E-state index is 9.45. The Bertz CT molecular complexity index is 61.2. The van der Waals surface area contributed by atoms with E-state index in [1.54, 1.807) is 0 Å². The van der Waals surface area contributed by atoms with E-state index >= 15 is 0 Å². The van der Waals surface area contributed by atoms with Gasteiger partial charge >= 0.3 is 54.9 Å². The summed E-state index contributed by atoms with van der Waals surface area (Å²) >= 11 is 0. The Morgan fingerprint density at radius 1 is 1.71 bits per heavy atom. The number of carboxylic acids is 1. The topological polar surface area (TPSA) is 57.5 Å². The van der Waals surface area contributed by atoms with Gasteiger partial charge in [-0.1, -0.05) is 0 Å². The van der Waals surface area contributed by atoms with Gasteiger partial charge in [0.15, 0.2) is 0 Å². The first-order chi connectivity index (χ1) is 2.64. The summed E-state index contributed by atoms with van der Waals surface area (Å²) in [6.07, 6.45) is -1.23. The molecular formula is C3H8BaO3. The Hall–Kier alpha value is 1.00. The Balaban J connectivity index is 0. The molecule has 2 N–H and O–H groups in total. The van der Waals surface area contributed by atoms with Crippen molar-refractivity contribution < 1.29 is 15.0 Å². The molecule has 4 heteroatoms. The molecule has 0 aromatic rings. The molecule has 1 unspecified atom stereocenters. The normalized spacial score (nSPS) is 11.7. The monoisotopic (exact) mass is 230 g/mol. The number of rotatable bonds is 1. The van der Waals surface area contributed by atoms with Crippen LogP contribution in [0.25, 0.3) is 0 Å². The summed E-state index contributed by atoms with van der Waals surface area (Å²) in [4.78, 5) is 9.45. The van der Waals surface area contributed by atoms with Gasteiger partial charge in [0.2, 0.25) is 0 Å². The van der Waals surface area contributed by atoms with E-state index in [0.717, 1.165) is 0 Å². The minimum absolute atomic E-state index is 0. The second-order valence-corrected chi connectivity index (χ2v) is 1.01. The molecular weight excluding hydrogens is 221 g/mol. The number of hydrogen-bond acceptors (Lipinski definition) is 2. The summed E-state index contributed by atoms with van der Waals surface area (Å²) < 4.78 is 0. The third kappa shape index (κ3) is 7.00. The van der Waals surface area contributed by atoms with Gasteiger partial charge in [-0.15, -0.1) is 0 Å². The standard InChI is InChI=1S/C3H6O3.Ba.2H/c1-2(4)3(5)6;;;/h2,4H,1H3,(H,5,6);;;. The summed E-state index contributed by atoms with van der Waals surface area (Å²) in [5.74, 6) is -1.19. The van der Waals surface area contributed by atoms with Crippen molar-refractivity contribution in [3.63, 3.8) is 0 Å². The van der Waals surface area contributed by atoms with E-state index in [4.69, 9.17) is 10.2 Å². The first-order valence-corrected chi connectivity index (χ1v) is 1.55. The molecule has 1 atom stereocenters. The first kappa shape index (κ1) is 10.9. The van der Waals surface area contributed by atoms with Crippen molar-refractivity contribution in [1.82, 2.24) is 0 Å². The van der Waals surface area contributed by atoms with Crippen molar-refractivity contribution in [2.24, 2.45) is 0 Å². The molecule has 40 valence electrons. The molecule has 0 bridgehead atoms. The second-order valence-electron chi connectivity index (χ2n) is 1.01. The SMILES string of the molecule is CC(O)C(=O)O.[BaH2]. The van der Waals surface area contributed by atoms with Crippen LogP contribution in [0.2, 0.25) is 0 Å². The molecule has 0 aliphatic heterocycles. The molecule has 0 radical (unpaired) electrons. The van der Waals surface area contributed by atoms with Gasteiger partial charge in [-0.25, -0.2) is 4.79 Å². The predicted octanol–water partition coefficient (Wildman–Crippen LogP) is -1.46. The second kappa shape index (κ2) is 5.14. The Kier molecular flexibility index (Phi) is 8.00. The molecule has 0 rings (SSSR count). The van der Waals surface area contributed by atoms with Crippen molar-refractivity contribution in [2.75, 3.05) is 0 Å². The van der Waals surface area contributed by atoms with Crippen molar-refractivity contribution in [3.8, 4) is 0 Å². The van der Waals surface area contributed by atoms with Gasteiger partial charge in [-0.2, -0.15) is 0 Å². The van der Waals surface area contributed by atoms with Crippen molar-refractivity contribution in [3.05, 3.63) is 0 Å². The van der Waals surface area contributed by atoms with Crippen molar-refractivity contribution in [1.29, 1.82) is 0 Å². The van der Waals surface area contributed by atoms with E-state index in [-0.39, 0.29) is 48.9 Å². The van der Waals surface area contributed by atoms with Crippen LogP contribution in [0.1, 0.15) is 6.92 Å². The molecule has 0 aliphatic carbocycles. The van der Waals surface area contributed by atoms with Crippen LogP contribution in [0, 0.1) is 0 Å². The zero-order valence-corrected chi connectivity index (χ0v) is 3.38. The predicted molar refractivity (Wildman–Crippen MR) is 27.9 cm³/mol. The van der Waals surface area contributed by atoms with E-state index in [0.29, 0.717) is 0 Å². The van der Waals surface area contributed by atoms with Gasteiger partial charge in [-0.3, -0.25) is 0 Å². The van der Waals surface area contributed by atoms with Crippen molar-refractivity contribution in [2.45, 2.75) is 13.0 Å². The summed E-state index contributed by atoms with van der Waals surface area (Å²) in [6, 6.07) is 0. The van der Waals surface area contributed by atoms with Crippen LogP contribution in [-0.2, 0) is 4.79 Å². The number of aliphatic hydroxyl groups excluding tert-OH is 1. The van der Waals surface area contributed by atoms with Gasteiger partial charge in [0, 0.05) is 0 Å². The quantitative estimate of drug-likeness (QED) is 0.540. The first-order valence-electron chi connectivity index (χ1n) is 1.55. The fraction of sp³-hybridized carbons (Fsp3) is 0.667. The fourth-order valence-corrected chi connectivity index (χ4v) is 0. The number of aliphatic carboxylic acids is 1. The molecule has 0 spiro atoms. The molecule has 0 aromatic heterocycles. The van der Waals surface area contributed by atoms with E-state index < -0.39 is 12.1 Å². The zero-order chi connectivity index (χ0) is 5.15. The van der Waals surface area contributed by atoms with E-state index in [9.17, 15) is 4.79 Å². The van der Waals surface area contributed by atoms with Crippen LogP contribution in [0.5, 0.6) is 0 Å². The van der Waals surface area contributed by atoms with Gasteiger partial charge in [-0.05, 0) is 6.92 Å². The number of carbonyl (C=O) groups is 1. The maximum atomic E-state index is 9.45. The average molecular weight is 229 g/mol. The van der Waals surface area contributed by atoms with Crippen LogP contribution in [0.15, 0.2) is 0 Å². The van der Waals surface area contributed by atoms with E-state index in [1.165, 1.54) is 6.92 Å². The van der Waals surface area contributed by atoms with Crippen LogP contribution < -0.4 is 0 Å². The molecule has 0 saturated heterocycles. The third-order valence-corrected chi connectivity index (χ3v) is 0.357. The Morgan fingerprint density at radius 2 is 1.86 bits per heavy atom. The summed E-state index contributed by atoms with van der Waals surface area (Å²) in [6.45, 7) is 1.20. The van der Waals surface area contributed by atoms with Gasteiger partial charge < -0.3 is 10.2 Å². The third-order valence-electron chi connectivity index (χ3n) is 0.357. The van der Waals surface area contributed by atoms with Crippen LogP contribution in [0.3, 0.4) is 0 Å². The summed E-state index contributed by atoms with van der Waals surface area (Å²) in [5, 5.41) is 15.8. The van der Waals surface area contributed by atoms with Crippen LogP contribution in [0.4, 0.5) is 0 Å². The Morgan fingerprint density at radius 3 is 1.86 bits per heavy atom. The number of carboxylic acid groups (broad SMARTS) is 1. The summed E-state index contributed by atoms with van der Waals surface area (Å²) in [7, 11) is 0. The fourth-order valence-electron chi connectivity index (χ4n) is 0. The Labute approximate surface area is 81.8 Å². The van der Waals surface area contributed by atoms with Gasteiger partial charge in [0.25, 0.3) is 0 Å². The number of hydrogen-bond donors (Lipinski definition) is 2. The van der Waals surface area contributed by atoms with Crippen LogP contribution >= 0.6 is 0 Å². The molecule has 0 heterocycles. The molecule has 0 fully saturated rings. The van der Waals surface area contributed by atoms with Crippen molar-refractivity contribution >= 4 is 54.9 Å². The zero-order valence-electron chi connectivity index (χ0n) is 3.38. The average Bonchev–Trinajstić information content (AvgIpc) is 1.36. The van der Waals surface area contributed by atoms with Crippen LogP contribution in [-0.4, -0.2) is 71.2 Å². The number of aliphatic hydroxyl groups is 1. The molecule has 0 saturated carbocycles. The molecule has 7 heavy (non-hydrogen) atoms. The molecule has 0 aliphatic rings.